The minimum absolute atomic E-state index is 0.160. The zero-order chi connectivity index (χ0) is 11.6. The van der Waals surface area contributed by atoms with Crippen LogP contribution in [0.15, 0.2) is 18.2 Å². The van der Waals surface area contributed by atoms with Crippen LogP contribution in [0.1, 0.15) is 31.0 Å². The highest BCUT2D eigenvalue weighted by Gasteiger charge is 2.29. The van der Waals surface area contributed by atoms with Crippen molar-refractivity contribution in [2.75, 3.05) is 7.05 Å². The smallest absolute Gasteiger partial charge is 0.274 e. The van der Waals surface area contributed by atoms with Crippen LogP contribution in [-0.2, 0) is 5.92 Å². The van der Waals surface area contributed by atoms with Crippen LogP contribution in [0.25, 0.3) is 0 Å². The van der Waals surface area contributed by atoms with Gasteiger partial charge in [-0.15, -0.1) is 0 Å². The van der Waals surface area contributed by atoms with Crippen molar-refractivity contribution < 1.29 is 13.9 Å². The van der Waals surface area contributed by atoms with E-state index < -0.39 is 5.92 Å². The Morgan fingerprint density at radius 2 is 2.00 bits per heavy atom. The van der Waals surface area contributed by atoms with Gasteiger partial charge in [0, 0.05) is 18.5 Å². The lowest BCUT2D eigenvalue weighted by atomic mass is 10.0. The average molecular weight is 215 g/mol. The van der Waals surface area contributed by atoms with Crippen molar-refractivity contribution in [1.82, 2.24) is 5.32 Å². The molecule has 1 unspecified atom stereocenters. The monoisotopic (exact) mass is 215 g/mol. The molecule has 0 bridgehead atoms. The van der Waals surface area contributed by atoms with Crippen molar-refractivity contribution in [3.8, 4) is 5.75 Å². The Labute approximate surface area is 87.9 Å². The van der Waals surface area contributed by atoms with Gasteiger partial charge in [0.2, 0.25) is 0 Å². The van der Waals surface area contributed by atoms with Gasteiger partial charge in [0.05, 0.1) is 5.56 Å². The van der Waals surface area contributed by atoms with Crippen LogP contribution in [0.5, 0.6) is 5.75 Å². The quantitative estimate of drug-likeness (QED) is 0.812. The van der Waals surface area contributed by atoms with E-state index in [2.05, 4.69) is 5.32 Å². The van der Waals surface area contributed by atoms with Gasteiger partial charge in [0.15, 0.2) is 0 Å². The number of rotatable bonds is 3. The first-order valence-corrected chi connectivity index (χ1v) is 4.75. The maximum Gasteiger partial charge on any atom is 0.274 e. The highest BCUT2D eigenvalue weighted by Crippen LogP contribution is 2.37. The first kappa shape index (κ1) is 11.9. The van der Waals surface area contributed by atoms with Gasteiger partial charge >= 0.3 is 0 Å². The summed E-state index contributed by atoms with van der Waals surface area (Å²) in [5.41, 5.74) is 0.152. The van der Waals surface area contributed by atoms with Gasteiger partial charge in [-0.05, 0) is 20.0 Å². The first-order chi connectivity index (χ1) is 6.88. The van der Waals surface area contributed by atoms with Crippen molar-refractivity contribution >= 4 is 0 Å². The van der Waals surface area contributed by atoms with E-state index in [1.807, 2.05) is 0 Å². The Kier molecular flexibility index (Phi) is 3.29. The molecule has 0 heterocycles. The highest BCUT2D eigenvalue weighted by molar-refractivity contribution is 5.44. The van der Waals surface area contributed by atoms with E-state index in [1.165, 1.54) is 12.1 Å². The zero-order valence-electron chi connectivity index (χ0n) is 9.01. The van der Waals surface area contributed by atoms with E-state index in [0.717, 1.165) is 6.92 Å². The highest BCUT2D eigenvalue weighted by atomic mass is 19.3. The summed E-state index contributed by atoms with van der Waals surface area (Å²) >= 11 is 0. The summed E-state index contributed by atoms with van der Waals surface area (Å²) in [7, 11) is 1.71. The van der Waals surface area contributed by atoms with Gasteiger partial charge in [-0.1, -0.05) is 12.1 Å². The van der Waals surface area contributed by atoms with Crippen molar-refractivity contribution in [3.05, 3.63) is 29.3 Å². The predicted octanol–water partition coefficient (Wildman–Crippen LogP) is 2.78. The molecule has 0 saturated carbocycles. The minimum Gasteiger partial charge on any atom is -0.507 e. The molecular weight excluding hydrogens is 200 g/mol. The minimum atomic E-state index is -3.02. The topological polar surface area (TPSA) is 32.3 Å². The number of halogens is 2. The molecule has 0 aliphatic heterocycles. The predicted molar refractivity (Wildman–Crippen MR) is 55.1 cm³/mol. The number of alkyl halides is 2. The lowest BCUT2D eigenvalue weighted by Crippen LogP contribution is -2.15. The molecule has 0 aliphatic carbocycles. The normalized spacial score (nSPS) is 13.9. The number of phenols is 1. The summed E-state index contributed by atoms with van der Waals surface area (Å²) in [4.78, 5) is 0. The molecule has 2 N–H and O–H groups in total. The van der Waals surface area contributed by atoms with E-state index in [-0.39, 0.29) is 17.4 Å². The van der Waals surface area contributed by atoms with E-state index in [1.54, 1.807) is 20.0 Å². The Hall–Kier alpha value is -1.16. The summed E-state index contributed by atoms with van der Waals surface area (Å²) < 4.78 is 26.2. The molecule has 84 valence electrons. The van der Waals surface area contributed by atoms with E-state index in [0.29, 0.717) is 5.56 Å². The number of phenolic OH excluding ortho intramolecular Hbond substituents is 1. The fourth-order valence-corrected chi connectivity index (χ4v) is 1.42. The molecule has 1 rings (SSSR count). The summed E-state index contributed by atoms with van der Waals surface area (Å²) in [6.45, 7) is 2.57. The van der Waals surface area contributed by atoms with Gasteiger partial charge in [0.25, 0.3) is 5.92 Å². The molecule has 1 atom stereocenters. The number of hydrogen-bond acceptors (Lipinski definition) is 2. The SMILES string of the molecule is CNC(C)c1cccc(C(C)(F)F)c1O. The second-order valence-corrected chi connectivity index (χ2v) is 3.64. The first-order valence-electron chi connectivity index (χ1n) is 4.75. The molecule has 0 aromatic heterocycles. The van der Waals surface area contributed by atoms with Crippen LogP contribution in [-0.4, -0.2) is 12.2 Å². The Morgan fingerprint density at radius 1 is 1.40 bits per heavy atom. The molecule has 0 fully saturated rings. The second-order valence-electron chi connectivity index (χ2n) is 3.64. The number of hydrogen-bond donors (Lipinski definition) is 2. The number of aromatic hydroxyl groups is 1. The molecular formula is C11H15F2NO. The molecule has 4 heteroatoms. The van der Waals surface area contributed by atoms with Gasteiger partial charge in [-0.25, -0.2) is 8.78 Å². The largest absolute Gasteiger partial charge is 0.507 e. The molecule has 0 aliphatic rings. The van der Waals surface area contributed by atoms with Gasteiger partial charge in [0.1, 0.15) is 5.75 Å². The zero-order valence-corrected chi connectivity index (χ0v) is 9.01. The van der Waals surface area contributed by atoms with Crippen LogP contribution in [0.2, 0.25) is 0 Å². The maximum atomic E-state index is 13.1. The van der Waals surface area contributed by atoms with E-state index >= 15 is 0 Å². The fraction of sp³-hybridized carbons (Fsp3) is 0.455. The van der Waals surface area contributed by atoms with Crippen LogP contribution in [0.4, 0.5) is 8.78 Å². The molecule has 2 nitrogen and oxygen atoms in total. The van der Waals surface area contributed by atoms with Gasteiger partial charge in [-0.2, -0.15) is 0 Å². The van der Waals surface area contributed by atoms with Crippen molar-refractivity contribution in [2.24, 2.45) is 0 Å². The van der Waals surface area contributed by atoms with Crippen LogP contribution in [0, 0.1) is 0 Å². The molecule has 0 radical (unpaired) electrons. The standard InChI is InChI=1S/C11H15F2NO/c1-7(14-3)8-5-4-6-9(10(8)15)11(2,12)13/h4-7,14-15H,1-3H3. The molecule has 1 aromatic rings. The fourth-order valence-electron chi connectivity index (χ4n) is 1.42. The van der Waals surface area contributed by atoms with E-state index in [4.69, 9.17) is 0 Å². The lowest BCUT2D eigenvalue weighted by molar-refractivity contribution is 0.0150. The third-order valence-corrected chi connectivity index (χ3v) is 2.44. The second kappa shape index (κ2) is 4.14. The number of benzene rings is 1. The summed E-state index contributed by atoms with van der Waals surface area (Å²) in [5.74, 6) is -3.35. The average Bonchev–Trinajstić information content (AvgIpc) is 2.15. The van der Waals surface area contributed by atoms with Crippen molar-refractivity contribution in [3.63, 3.8) is 0 Å². The Bertz CT molecular complexity index is 347. The van der Waals surface area contributed by atoms with Crippen molar-refractivity contribution in [2.45, 2.75) is 25.8 Å². The van der Waals surface area contributed by atoms with Crippen LogP contribution < -0.4 is 5.32 Å². The number of nitrogens with one attached hydrogen (secondary N) is 1. The van der Waals surface area contributed by atoms with Gasteiger partial charge < -0.3 is 10.4 Å². The van der Waals surface area contributed by atoms with Crippen LogP contribution in [0.3, 0.4) is 0 Å². The Balaban J connectivity index is 3.23. The Morgan fingerprint density at radius 3 is 2.47 bits per heavy atom. The van der Waals surface area contributed by atoms with Crippen molar-refractivity contribution in [1.29, 1.82) is 0 Å². The third-order valence-electron chi connectivity index (χ3n) is 2.44. The van der Waals surface area contributed by atoms with Crippen LogP contribution >= 0.6 is 0 Å². The third kappa shape index (κ3) is 2.45. The summed E-state index contributed by atoms with van der Waals surface area (Å²) in [6.07, 6.45) is 0. The molecule has 0 spiro atoms. The molecule has 1 aromatic carbocycles. The summed E-state index contributed by atoms with van der Waals surface area (Å²) in [5, 5.41) is 12.6. The van der Waals surface area contributed by atoms with Gasteiger partial charge in [-0.3, -0.25) is 0 Å². The molecule has 15 heavy (non-hydrogen) atoms. The van der Waals surface area contributed by atoms with E-state index in [9.17, 15) is 13.9 Å². The lowest BCUT2D eigenvalue weighted by Gasteiger charge is -2.18. The molecule has 0 saturated heterocycles. The maximum absolute atomic E-state index is 13.1. The molecule has 0 amide bonds. The number of para-hydroxylation sites is 1. The summed E-state index contributed by atoms with van der Waals surface area (Å²) in [6, 6.07) is 4.23.